The van der Waals surface area contributed by atoms with E-state index >= 15 is 0 Å². The standard InChI is InChI=1S/C20H15OS2/c1-22-14-10-12-15(13-11-14)23-18-8-4-2-6-16(18)20(21)17-7-3-5-9-19(17)23/h2-13H,1H3/q+1. The lowest BCUT2D eigenvalue weighted by molar-refractivity contribution is 1.49. The van der Waals surface area contributed by atoms with Gasteiger partial charge in [0.05, 0.1) is 10.8 Å². The molecule has 0 saturated heterocycles. The third-order valence-corrected chi connectivity index (χ3v) is 7.08. The van der Waals surface area contributed by atoms with Crippen LogP contribution in [0, 0.1) is 0 Å². The highest BCUT2D eigenvalue weighted by molar-refractivity contribution is 7.98. The predicted octanol–water partition coefficient (Wildman–Crippen LogP) is 5.81. The largest absolute Gasteiger partial charge is 0.288 e. The van der Waals surface area contributed by atoms with Crippen molar-refractivity contribution in [2.75, 3.05) is 6.26 Å². The Labute approximate surface area is 141 Å². The summed E-state index contributed by atoms with van der Waals surface area (Å²) >= 11 is 1.74. The summed E-state index contributed by atoms with van der Waals surface area (Å²) in [5.74, 6) is 0. The summed E-state index contributed by atoms with van der Waals surface area (Å²) in [6, 6.07) is 24.7. The molecule has 1 heterocycles. The molecule has 0 spiro atoms. The van der Waals surface area contributed by atoms with Gasteiger partial charge in [-0.2, -0.15) is 0 Å². The van der Waals surface area contributed by atoms with Crippen molar-refractivity contribution in [3.8, 4) is 4.90 Å². The maximum atomic E-state index is 12.8. The summed E-state index contributed by atoms with van der Waals surface area (Å²) in [6.07, 6.45) is 2.08. The van der Waals surface area contributed by atoms with Gasteiger partial charge in [0.25, 0.3) is 0 Å². The average Bonchev–Trinajstić information content (AvgIpc) is 2.63. The second-order valence-corrected chi connectivity index (χ2v) is 8.15. The molecule has 0 atom stereocenters. The molecule has 0 N–H and O–H groups in total. The lowest BCUT2D eigenvalue weighted by Crippen LogP contribution is -2.01. The van der Waals surface area contributed by atoms with Gasteiger partial charge in [-0.25, -0.2) is 0 Å². The average molecular weight is 335 g/mol. The first-order valence-electron chi connectivity index (χ1n) is 7.40. The first-order valence-corrected chi connectivity index (χ1v) is 9.85. The number of hydrogen-bond donors (Lipinski definition) is 0. The first kappa shape index (κ1) is 14.5. The molecule has 0 aliphatic heterocycles. The van der Waals surface area contributed by atoms with E-state index in [2.05, 4.69) is 42.7 Å². The Hall–Kier alpha value is -2.10. The van der Waals surface area contributed by atoms with Crippen LogP contribution in [0.5, 0.6) is 0 Å². The highest BCUT2D eigenvalue weighted by atomic mass is 32.2. The van der Waals surface area contributed by atoms with Crippen LogP contribution < -0.4 is 5.43 Å². The van der Waals surface area contributed by atoms with E-state index in [0.717, 1.165) is 20.2 Å². The van der Waals surface area contributed by atoms with Crippen molar-refractivity contribution in [3.05, 3.63) is 83.0 Å². The fourth-order valence-corrected chi connectivity index (χ4v) is 5.65. The zero-order valence-corrected chi connectivity index (χ0v) is 14.3. The predicted molar refractivity (Wildman–Crippen MR) is 103 cm³/mol. The molecule has 0 aliphatic carbocycles. The summed E-state index contributed by atoms with van der Waals surface area (Å²) in [5.41, 5.74) is 0.140. The van der Waals surface area contributed by atoms with Crippen LogP contribution >= 0.6 is 22.2 Å². The SMILES string of the molecule is CSc1ccc(-[s+]2c3ccccc3c(=O)c3ccccc32)cc1. The monoisotopic (exact) mass is 335 g/mol. The molecule has 0 fully saturated rings. The molecule has 1 aromatic heterocycles. The van der Waals surface area contributed by atoms with Crippen LogP contribution in [0.3, 0.4) is 0 Å². The topological polar surface area (TPSA) is 17.1 Å². The highest BCUT2D eigenvalue weighted by Crippen LogP contribution is 2.43. The van der Waals surface area contributed by atoms with Crippen molar-refractivity contribution in [2.24, 2.45) is 0 Å². The fourth-order valence-electron chi connectivity index (χ4n) is 2.89. The van der Waals surface area contributed by atoms with Gasteiger partial charge in [-0.05, 0) is 54.8 Å². The second-order valence-electron chi connectivity index (χ2n) is 5.30. The van der Waals surface area contributed by atoms with Crippen molar-refractivity contribution in [1.82, 2.24) is 0 Å². The summed E-state index contributed by atoms with van der Waals surface area (Å²) in [7, 11) is -0.219. The van der Waals surface area contributed by atoms with Gasteiger partial charge in [0.15, 0.2) is 14.3 Å². The number of rotatable bonds is 2. The van der Waals surface area contributed by atoms with Crippen LogP contribution in [0.25, 0.3) is 25.1 Å². The minimum absolute atomic E-state index is 0.140. The fraction of sp³-hybridized carbons (Fsp3) is 0.0500. The van der Waals surface area contributed by atoms with E-state index in [1.165, 1.54) is 9.79 Å². The van der Waals surface area contributed by atoms with E-state index in [0.29, 0.717) is 0 Å². The molecule has 0 unspecified atom stereocenters. The normalized spacial score (nSPS) is 11.2. The van der Waals surface area contributed by atoms with Gasteiger partial charge in [-0.3, -0.25) is 4.79 Å². The van der Waals surface area contributed by atoms with Gasteiger partial charge in [0, 0.05) is 15.4 Å². The molecule has 4 aromatic rings. The number of benzene rings is 3. The Morgan fingerprint density at radius 2 is 1.26 bits per heavy atom. The zero-order chi connectivity index (χ0) is 15.8. The van der Waals surface area contributed by atoms with Gasteiger partial charge in [0.1, 0.15) is 0 Å². The maximum Gasteiger partial charge on any atom is 0.203 e. The van der Waals surface area contributed by atoms with Crippen molar-refractivity contribution in [3.63, 3.8) is 0 Å². The third-order valence-electron chi connectivity index (χ3n) is 4.00. The van der Waals surface area contributed by atoms with Crippen LogP contribution in [0.15, 0.2) is 82.5 Å². The minimum atomic E-state index is -0.219. The second kappa shape index (κ2) is 5.84. The van der Waals surface area contributed by atoms with Gasteiger partial charge in [0.2, 0.25) is 5.43 Å². The summed E-state index contributed by atoms with van der Waals surface area (Å²) in [6.45, 7) is 0. The molecular weight excluding hydrogens is 320 g/mol. The minimum Gasteiger partial charge on any atom is -0.288 e. The number of thioether (sulfide) groups is 1. The van der Waals surface area contributed by atoms with E-state index < -0.39 is 0 Å². The summed E-state index contributed by atoms with van der Waals surface area (Å²) in [4.78, 5) is 15.3. The Morgan fingerprint density at radius 3 is 1.78 bits per heavy atom. The molecule has 23 heavy (non-hydrogen) atoms. The Kier molecular flexibility index (Phi) is 3.68. The number of fused-ring (bicyclic) bond motifs is 2. The van der Waals surface area contributed by atoms with E-state index in [1.54, 1.807) is 11.8 Å². The molecule has 0 radical (unpaired) electrons. The Balaban J connectivity index is 2.17. The van der Waals surface area contributed by atoms with Crippen LogP contribution in [-0.2, 0) is 0 Å². The van der Waals surface area contributed by atoms with E-state index in [-0.39, 0.29) is 15.9 Å². The molecule has 3 heteroatoms. The van der Waals surface area contributed by atoms with Crippen LogP contribution in [0.2, 0.25) is 0 Å². The van der Waals surface area contributed by atoms with Gasteiger partial charge >= 0.3 is 0 Å². The van der Waals surface area contributed by atoms with Crippen LogP contribution in [-0.4, -0.2) is 6.26 Å². The maximum absolute atomic E-state index is 12.8. The Bertz CT molecular complexity index is 1000. The third kappa shape index (κ3) is 2.37. The Morgan fingerprint density at radius 1 is 0.739 bits per heavy atom. The first-order chi connectivity index (χ1) is 11.3. The molecule has 0 amide bonds. The molecule has 4 rings (SSSR count). The van der Waals surface area contributed by atoms with Crippen LogP contribution in [0.1, 0.15) is 0 Å². The summed E-state index contributed by atoms with van der Waals surface area (Å²) in [5, 5.41) is 1.67. The quantitative estimate of drug-likeness (QED) is 0.261. The van der Waals surface area contributed by atoms with Gasteiger partial charge in [-0.15, -0.1) is 11.8 Å². The van der Waals surface area contributed by atoms with Crippen molar-refractivity contribution in [1.29, 1.82) is 0 Å². The number of hydrogen-bond acceptors (Lipinski definition) is 2. The molecule has 0 aliphatic rings. The van der Waals surface area contributed by atoms with Gasteiger partial charge < -0.3 is 0 Å². The highest BCUT2D eigenvalue weighted by Gasteiger charge is 2.22. The molecule has 112 valence electrons. The van der Waals surface area contributed by atoms with E-state index in [1.807, 2.05) is 36.4 Å². The smallest absolute Gasteiger partial charge is 0.203 e. The zero-order valence-electron chi connectivity index (χ0n) is 12.7. The van der Waals surface area contributed by atoms with Crippen molar-refractivity contribution >= 4 is 42.4 Å². The summed E-state index contributed by atoms with van der Waals surface area (Å²) < 4.78 is 2.27. The van der Waals surface area contributed by atoms with Crippen molar-refractivity contribution in [2.45, 2.75) is 4.90 Å². The molecule has 1 nitrogen and oxygen atoms in total. The molecular formula is C20H15OS2+. The molecule has 3 aromatic carbocycles. The van der Waals surface area contributed by atoms with Crippen molar-refractivity contribution < 1.29 is 0 Å². The van der Waals surface area contributed by atoms with E-state index in [4.69, 9.17) is 0 Å². The molecule has 0 bridgehead atoms. The lowest BCUT2D eigenvalue weighted by Gasteiger charge is -2.03. The molecule has 0 saturated carbocycles. The van der Waals surface area contributed by atoms with Gasteiger partial charge in [-0.1, -0.05) is 24.3 Å². The lowest BCUT2D eigenvalue weighted by atomic mass is 10.2. The van der Waals surface area contributed by atoms with Crippen LogP contribution in [0.4, 0.5) is 0 Å². The van der Waals surface area contributed by atoms with E-state index in [9.17, 15) is 4.79 Å².